The SMILES string of the molecule is CO[C@H]1/C=C/O[C@@]2(C)Oc3c(C)c(O)c4c(=O)c(c5oc6cc(N7CCC(c8ccc(NC(=O)OCc9ccc(NC(=O)[C@H](CCCNC(N)=O)CC(=O)[C@@H](NC(=O)CCCCCN%10C(=O)C=CC%10=O)C(C)C)cc9)cc8)CC7)cc(O)c6nc-5c4c3C2=O)NC(=O)/C(C)=C\C=C\[C@H](C)[C@H](O)[C@@H](C)[C@@H](O)C(C)(C)[C@H](OC(C)=O)[C@@H]1C. The summed E-state index contributed by atoms with van der Waals surface area (Å²) >= 11 is 0. The summed E-state index contributed by atoms with van der Waals surface area (Å²) in [5.41, 5.74) is 5.22. The number of nitrogens with one attached hydrogen (secondary N) is 5. The molecule has 115 heavy (non-hydrogen) atoms. The number of aromatic hydroxyl groups is 2. The number of nitrogens with two attached hydrogens (primary N) is 1. The number of Topliss-reactive ketones (excluding diaryl/α,β-unsaturated/α-hetero) is 2. The van der Waals surface area contributed by atoms with Crippen molar-refractivity contribution in [1.82, 2.24) is 20.5 Å². The van der Waals surface area contributed by atoms with Crippen molar-refractivity contribution in [2.45, 2.75) is 183 Å². The van der Waals surface area contributed by atoms with Gasteiger partial charge in [-0.25, -0.2) is 14.6 Å². The van der Waals surface area contributed by atoms with Gasteiger partial charge in [-0.05, 0) is 106 Å². The van der Waals surface area contributed by atoms with Crippen LogP contribution in [0.2, 0.25) is 0 Å². The molecular weight excluding hydrogens is 1480 g/mol. The molecule has 6 aliphatic rings. The number of nitrogens with zero attached hydrogens (tertiary/aromatic N) is 3. The molecule has 8 amide bonds. The number of anilines is 4. The van der Waals surface area contributed by atoms with Crippen LogP contribution in [-0.4, -0.2) is 159 Å². The van der Waals surface area contributed by atoms with E-state index >= 15 is 9.59 Å². The molecule has 10 rings (SSSR count). The van der Waals surface area contributed by atoms with Crippen molar-refractivity contribution in [3.05, 3.63) is 141 Å². The van der Waals surface area contributed by atoms with E-state index in [4.69, 9.17) is 38.8 Å². The van der Waals surface area contributed by atoms with Gasteiger partial charge in [-0.15, -0.1) is 0 Å². The Bertz CT molecular complexity index is 4850. The van der Waals surface area contributed by atoms with Crippen molar-refractivity contribution in [2.24, 2.45) is 40.7 Å². The molecule has 30 heteroatoms. The Balaban J connectivity index is 0.802. The lowest BCUT2D eigenvalue weighted by atomic mass is 9.69. The van der Waals surface area contributed by atoms with E-state index in [1.807, 2.05) is 17.0 Å². The van der Waals surface area contributed by atoms with Gasteiger partial charge in [0.15, 0.2) is 17.1 Å². The van der Waals surface area contributed by atoms with Crippen molar-refractivity contribution in [1.29, 1.82) is 0 Å². The molecule has 614 valence electrons. The topological polar surface area (TPSA) is 434 Å². The third-order valence-corrected chi connectivity index (χ3v) is 22.2. The van der Waals surface area contributed by atoms with Gasteiger partial charge in [0.05, 0.1) is 41.6 Å². The Morgan fingerprint density at radius 3 is 2.16 bits per heavy atom. The summed E-state index contributed by atoms with van der Waals surface area (Å²) in [7, 11) is 1.42. The Labute approximate surface area is 665 Å². The number of aliphatic hydroxyl groups excluding tert-OH is 2. The quantitative estimate of drug-likeness (QED) is 0.00884. The molecule has 0 unspecified atom stereocenters. The van der Waals surface area contributed by atoms with E-state index in [2.05, 4.69) is 26.6 Å². The highest BCUT2D eigenvalue weighted by molar-refractivity contribution is 6.22. The van der Waals surface area contributed by atoms with Gasteiger partial charge in [-0.1, -0.05) is 97.4 Å². The zero-order chi connectivity index (χ0) is 83.7. The number of methoxy groups -OCH3 is 1. The number of amides is 8. The number of fused-ring (bicyclic) bond motifs is 2. The van der Waals surface area contributed by atoms with Crippen LogP contribution in [0.3, 0.4) is 0 Å². The van der Waals surface area contributed by atoms with E-state index in [0.717, 1.165) is 10.5 Å². The smallest absolute Gasteiger partial charge is 0.411 e. The zero-order valence-electron chi connectivity index (χ0n) is 66.7. The average Bonchev–Trinajstić information content (AvgIpc) is 1.62. The summed E-state index contributed by atoms with van der Waals surface area (Å²) in [5, 5.41) is 60.8. The molecule has 4 aromatic rings. The second kappa shape index (κ2) is 36.8. The van der Waals surface area contributed by atoms with Gasteiger partial charge in [0, 0.05) is 147 Å². The number of primary amides is 1. The van der Waals surface area contributed by atoms with E-state index in [9.17, 15) is 63.6 Å². The van der Waals surface area contributed by atoms with E-state index in [0.29, 0.717) is 74.2 Å². The molecule has 0 saturated carbocycles. The van der Waals surface area contributed by atoms with Gasteiger partial charge in [0.25, 0.3) is 23.5 Å². The largest absolute Gasteiger partial charge is 0.507 e. The standard InChI is InChI=1S/C85H103N9O21/c1-44(2)68(90-62(98)21-14-13-15-36-94-63(99)30-31-64(94)100)58(96)40-54(20-17-35-87-82(86)108)81(107)88-55-26-22-51(23-27-55)43-111-83(109)89-56-28-24-52(25-29-56)53-32-37-93(38-33-53)57-41-59(97)69-61(42-57)114-76-70(91-69)65-66-73(102)48(6)75-67(65)78(105)85(11,115-75)112-39-34-60(110-12)47(5)79(113-50(8)95)84(9,10)77(104)49(7)72(101)45(3)18-16-19-46(4)80(106)92-71(76)74(66)103/h16,18-19,22-31,34,39,41-42,44-45,47,49,53-54,60,68,72,77,79,97,101-102,104H,13-15,17,20-21,32-33,35-38,40,43H2,1-12H3,(H,88,107)(H,89,109)(H,90,98)(H,92,106)(H3,86,87,108)/b18-16+,39-34+,46-19-/t45-,47+,49+,54+,60-,68-,72-,77+,79+,85-/m0/s1. The van der Waals surface area contributed by atoms with Crippen LogP contribution in [0.4, 0.5) is 32.3 Å². The number of hydrogen-bond donors (Lipinski definition) is 10. The third kappa shape index (κ3) is 19.7. The molecule has 30 nitrogen and oxygen atoms in total. The first kappa shape index (κ1) is 85.9. The second-order valence-electron chi connectivity index (χ2n) is 31.2. The van der Waals surface area contributed by atoms with Crippen molar-refractivity contribution in [2.75, 3.05) is 54.1 Å². The van der Waals surface area contributed by atoms with Crippen molar-refractivity contribution >= 4 is 104 Å². The predicted octanol–water partition coefficient (Wildman–Crippen LogP) is 10.8. The zero-order valence-corrected chi connectivity index (χ0v) is 66.7. The van der Waals surface area contributed by atoms with E-state index in [1.165, 1.54) is 71.4 Å². The molecule has 0 radical (unpaired) electrons. The van der Waals surface area contributed by atoms with Crippen LogP contribution in [0.25, 0.3) is 33.3 Å². The molecule has 1 aliphatic carbocycles. The first-order valence-corrected chi connectivity index (χ1v) is 38.7. The highest BCUT2D eigenvalue weighted by Crippen LogP contribution is 2.52. The molecule has 1 saturated heterocycles. The minimum atomic E-state index is -2.16. The van der Waals surface area contributed by atoms with Crippen molar-refractivity contribution < 1.29 is 96.5 Å². The number of phenolic OH excluding ortho intramolecular Hbond substituents is 2. The fourth-order valence-electron chi connectivity index (χ4n) is 15.5. The normalized spacial score (nSPS) is 22.9. The number of aromatic nitrogens is 1. The summed E-state index contributed by atoms with van der Waals surface area (Å²) in [6.45, 7) is 19.0. The molecule has 4 aromatic carbocycles. The molecule has 5 heterocycles. The number of phenols is 2. The number of ether oxygens (including phenoxy) is 5. The van der Waals surface area contributed by atoms with E-state index in [1.54, 1.807) is 103 Å². The molecule has 1 fully saturated rings. The number of carbonyl (C=O) groups excluding carboxylic acids is 10. The number of benzene rings is 5. The second-order valence-corrected chi connectivity index (χ2v) is 31.2. The minimum Gasteiger partial charge on any atom is -0.507 e. The van der Waals surface area contributed by atoms with Gasteiger partial charge in [-0.2, -0.15) is 0 Å². The maximum absolute atomic E-state index is 15.2. The Morgan fingerprint density at radius 2 is 1.50 bits per heavy atom. The molecule has 11 N–H and O–H groups in total. The Hall–Kier alpha value is -11.5. The lowest BCUT2D eigenvalue weighted by Crippen LogP contribution is -2.53. The molecule has 0 spiro atoms. The summed E-state index contributed by atoms with van der Waals surface area (Å²) in [6.07, 6.45) is 8.03. The van der Waals surface area contributed by atoms with Crippen LogP contribution in [0.1, 0.15) is 160 Å². The number of ketones is 2. The molecule has 4 bridgehead atoms. The first-order chi connectivity index (χ1) is 54.5. The number of aliphatic hydroxyl groups is 2. The van der Waals surface area contributed by atoms with Crippen LogP contribution in [0.15, 0.2) is 118 Å². The number of imide groups is 1. The lowest BCUT2D eigenvalue weighted by molar-refractivity contribution is -0.175. The van der Waals surface area contributed by atoms with Gasteiger partial charge in [0.1, 0.15) is 46.9 Å². The predicted molar refractivity (Wildman–Crippen MR) is 428 cm³/mol. The van der Waals surface area contributed by atoms with Crippen LogP contribution in [0.5, 0.6) is 17.2 Å². The monoisotopic (exact) mass is 1590 g/mol. The number of allylic oxidation sites excluding steroid dienone is 2. The minimum absolute atomic E-state index is 0.00971. The summed E-state index contributed by atoms with van der Waals surface area (Å²) in [6, 6.07) is 15.5. The Morgan fingerprint density at radius 1 is 0.835 bits per heavy atom. The molecule has 10 atom stereocenters. The number of hydrogen-bond acceptors (Lipinski definition) is 23. The van der Waals surface area contributed by atoms with Gasteiger partial charge in [0.2, 0.25) is 17.2 Å². The van der Waals surface area contributed by atoms with Gasteiger partial charge in [-0.3, -0.25) is 53.4 Å². The summed E-state index contributed by atoms with van der Waals surface area (Å²) in [4.78, 5) is 154. The van der Waals surface area contributed by atoms with Crippen LogP contribution in [-0.2, 0) is 59.1 Å². The number of piperidine rings is 1. The van der Waals surface area contributed by atoms with Crippen molar-refractivity contribution in [3.63, 3.8) is 0 Å². The molecule has 0 aromatic heterocycles. The number of unbranched alkanes of at least 4 members (excludes halogenated alkanes) is 2. The first-order valence-electron chi connectivity index (χ1n) is 38.7. The number of esters is 1. The maximum atomic E-state index is 15.2. The fraction of sp³-hybridized carbons (Fsp3) is 0.459. The average molecular weight is 1590 g/mol. The molecule has 5 aliphatic heterocycles. The fourth-order valence-corrected chi connectivity index (χ4v) is 15.5. The highest BCUT2D eigenvalue weighted by Gasteiger charge is 2.51. The summed E-state index contributed by atoms with van der Waals surface area (Å²) in [5.74, 6) is -10.9. The number of carbonyl (C=O) groups is 10. The van der Waals surface area contributed by atoms with Gasteiger partial charge >= 0.3 is 23.9 Å². The van der Waals surface area contributed by atoms with Crippen LogP contribution in [0, 0.1) is 41.9 Å². The third-order valence-electron chi connectivity index (χ3n) is 22.2. The number of rotatable bonds is 24. The van der Waals surface area contributed by atoms with Gasteiger partial charge < -0.3 is 80.4 Å². The molecular formula is C85H103N9O21. The van der Waals surface area contributed by atoms with Crippen LogP contribution >= 0.6 is 0 Å². The maximum Gasteiger partial charge on any atom is 0.411 e. The lowest BCUT2D eigenvalue weighted by Gasteiger charge is -2.45. The van der Waals surface area contributed by atoms with E-state index < -0.39 is 123 Å². The highest BCUT2D eigenvalue weighted by atomic mass is 16.7. The van der Waals surface area contributed by atoms with Crippen LogP contribution < -0.4 is 47.4 Å². The van der Waals surface area contributed by atoms with E-state index in [-0.39, 0.29) is 130 Å². The summed E-state index contributed by atoms with van der Waals surface area (Å²) < 4.78 is 36.5. The number of urea groups is 1. The Kier molecular flexibility index (Phi) is 27.5. The van der Waals surface area contributed by atoms with Crippen molar-refractivity contribution in [3.8, 4) is 28.7 Å².